The molecule has 3 aliphatic rings. The molecular weight excluding hydrogens is 418 g/mol. The molecule has 0 aromatic carbocycles. The zero-order chi connectivity index (χ0) is 21.1. The third-order valence-electron chi connectivity index (χ3n) is 5.73. The van der Waals surface area contributed by atoms with Gasteiger partial charge in [-0.1, -0.05) is 16.8 Å². The Bertz CT molecular complexity index is 940. The number of carbonyl (C=O) groups is 3. The van der Waals surface area contributed by atoms with E-state index in [9.17, 15) is 19.5 Å². The van der Waals surface area contributed by atoms with E-state index >= 15 is 0 Å². The second-order valence-corrected chi connectivity index (χ2v) is 10.3. The van der Waals surface area contributed by atoms with Gasteiger partial charge < -0.3 is 24.6 Å². The van der Waals surface area contributed by atoms with Crippen LogP contribution in [-0.2, 0) is 9.59 Å². The van der Waals surface area contributed by atoms with Crippen molar-refractivity contribution < 1.29 is 24.0 Å². The monoisotopic (exact) mass is 438 g/mol. The highest BCUT2D eigenvalue weighted by atomic mass is 35.5. The molecule has 2 amide bonds. The Morgan fingerprint density at radius 1 is 1.34 bits per heavy atom. The van der Waals surface area contributed by atoms with Crippen molar-refractivity contribution in [2.75, 3.05) is 0 Å². The zero-order valence-corrected chi connectivity index (χ0v) is 17.9. The van der Waals surface area contributed by atoms with E-state index in [1.807, 2.05) is 0 Å². The van der Waals surface area contributed by atoms with Gasteiger partial charge >= 0.3 is 0 Å². The molecule has 0 saturated carbocycles. The maximum atomic E-state index is 13.0. The minimum Gasteiger partial charge on any atom is -0.548 e. The summed E-state index contributed by atoms with van der Waals surface area (Å²) in [7, 11) is 0. The fourth-order valence-corrected chi connectivity index (χ4v) is 6.24. The van der Waals surface area contributed by atoms with Gasteiger partial charge in [0.05, 0.1) is 12.0 Å². The summed E-state index contributed by atoms with van der Waals surface area (Å²) in [5.74, 6) is -1.86. The van der Waals surface area contributed by atoms with E-state index in [0.29, 0.717) is 22.9 Å². The van der Waals surface area contributed by atoms with Crippen LogP contribution in [0.3, 0.4) is 0 Å². The number of halogens is 1. The molecule has 29 heavy (non-hydrogen) atoms. The van der Waals surface area contributed by atoms with Crippen LogP contribution in [0.1, 0.15) is 61.3 Å². The first-order chi connectivity index (χ1) is 13.6. The number of hydrogen-bond donors (Lipinski definition) is 1. The minimum atomic E-state index is -1.29. The maximum absolute atomic E-state index is 13.0. The molecular formula is C19H21ClN3O5S-. The summed E-state index contributed by atoms with van der Waals surface area (Å²) < 4.78 is 4.55. The normalized spacial score (nSPS) is 28.2. The lowest BCUT2D eigenvalue weighted by atomic mass is 9.93. The smallest absolute Gasteiger partial charge is 0.257 e. The second-order valence-electron chi connectivity index (χ2n) is 8.08. The number of amides is 2. The van der Waals surface area contributed by atoms with Gasteiger partial charge in [0.2, 0.25) is 5.91 Å². The highest BCUT2D eigenvalue weighted by Crippen LogP contribution is 2.50. The number of fused-ring (bicyclic) bond motifs is 1. The van der Waals surface area contributed by atoms with E-state index in [1.165, 1.54) is 16.7 Å². The molecule has 0 bridgehead atoms. The van der Waals surface area contributed by atoms with Gasteiger partial charge in [0.25, 0.3) is 5.91 Å². The number of allylic oxidation sites excluding steroid dienone is 2. The predicted molar refractivity (Wildman–Crippen MR) is 105 cm³/mol. The lowest BCUT2D eigenvalue weighted by Crippen LogP contribution is -2.71. The van der Waals surface area contributed by atoms with Crippen LogP contribution in [0, 0.1) is 6.92 Å². The number of carboxylic acids is 1. The van der Waals surface area contributed by atoms with Crippen LogP contribution in [-0.4, -0.2) is 50.0 Å². The van der Waals surface area contributed by atoms with Gasteiger partial charge in [-0.25, -0.2) is 0 Å². The van der Waals surface area contributed by atoms with Crippen molar-refractivity contribution in [3.8, 4) is 0 Å². The fraction of sp³-hybridized carbons (Fsp3) is 0.579. The molecule has 0 radical (unpaired) electrons. The number of rotatable bonds is 4. The first-order valence-corrected chi connectivity index (χ1v) is 10.7. The Hall–Kier alpha value is -2.00. The summed E-state index contributed by atoms with van der Waals surface area (Å²) in [6.07, 6.45) is 3.38. The van der Waals surface area contributed by atoms with Crippen LogP contribution in [0.25, 0.3) is 5.57 Å². The van der Waals surface area contributed by atoms with Gasteiger partial charge in [-0.05, 0) is 52.0 Å². The van der Waals surface area contributed by atoms with Gasteiger partial charge in [0, 0.05) is 9.78 Å². The zero-order valence-electron chi connectivity index (χ0n) is 16.3. The average molecular weight is 439 g/mol. The van der Waals surface area contributed by atoms with Gasteiger partial charge in [-0.3, -0.25) is 9.59 Å². The molecule has 0 unspecified atom stereocenters. The number of thioether (sulfide) groups is 1. The predicted octanol–water partition coefficient (Wildman–Crippen LogP) is 1.42. The third-order valence-corrected chi connectivity index (χ3v) is 7.72. The molecule has 156 valence electrons. The van der Waals surface area contributed by atoms with Crippen molar-refractivity contribution in [2.45, 2.75) is 68.7 Å². The fourth-order valence-electron chi connectivity index (χ4n) is 4.30. The van der Waals surface area contributed by atoms with Crippen LogP contribution in [0.2, 0.25) is 0 Å². The Labute approximate surface area is 177 Å². The first-order valence-electron chi connectivity index (χ1n) is 9.49. The number of hydrogen-bond acceptors (Lipinski definition) is 7. The molecule has 2 saturated heterocycles. The summed E-state index contributed by atoms with van der Waals surface area (Å²) in [5.41, 5.74) is 1.49. The van der Waals surface area contributed by atoms with Crippen molar-refractivity contribution in [2.24, 2.45) is 0 Å². The maximum Gasteiger partial charge on any atom is 0.257 e. The third kappa shape index (κ3) is 3.15. The molecule has 0 spiro atoms. The molecule has 8 nitrogen and oxygen atoms in total. The second kappa shape index (κ2) is 7.05. The average Bonchev–Trinajstić information content (AvgIpc) is 3.15. The highest BCUT2D eigenvalue weighted by molar-refractivity contribution is 8.01. The topological polar surface area (TPSA) is 116 Å². The number of carbonyl (C=O) groups excluding carboxylic acids is 3. The summed E-state index contributed by atoms with van der Waals surface area (Å²) in [6, 6.07) is -1.84. The van der Waals surface area contributed by atoms with Crippen LogP contribution < -0.4 is 10.4 Å². The first kappa shape index (κ1) is 20.3. The van der Waals surface area contributed by atoms with Gasteiger partial charge in [-0.2, -0.15) is 0 Å². The Morgan fingerprint density at radius 2 is 2.03 bits per heavy atom. The number of nitrogens with zero attached hydrogens (tertiary/aromatic N) is 2. The van der Waals surface area contributed by atoms with E-state index in [4.69, 9.17) is 16.1 Å². The molecule has 3 atom stereocenters. The van der Waals surface area contributed by atoms with Gasteiger partial charge in [0.1, 0.15) is 28.4 Å². The van der Waals surface area contributed by atoms with E-state index in [-0.39, 0.29) is 5.56 Å². The quantitative estimate of drug-likeness (QED) is 0.706. The van der Waals surface area contributed by atoms with Gasteiger partial charge in [-0.15, -0.1) is 11.8 Å². The molecule has 10 heteroatoms. The minimum absolute atomic E-state index is 0.269. The Morgan fingerprint density at radius 3 is 2.69 bits per heavy atom. The van der Waals surface area contributed by atoms with E-state index in [1.54, 1.807) is 20.8 Å². The molecule has 1 aromatic rings. The summed E-state index contributed by atoms with van der Waals surface area (Å²) >= 11 is 7.70. The van der Waals surface area contributed by atoms with E-state index < -0.39 is 40.0 Å². The molecule has 1 aliphatic carbocycles. The number of aliphatic carboxylic acids is 1. The molecule has 3 heterocycles. The van der Waals surface area contributed by atoms with Crippen LogP contribution in [0.4, 0.5) is 0 Å². The van der Waals surface area contributed by atoms with Crippen LogP contribution in [0.5, 0.6) is 0 Å². The van der Waals surface area contributed by atoms with Crippen LogP contribution >= 0.6 is 23.4 Å². The summed E-state index contributed by atoms with van der Waals surface area (Å²) in [5, 5.41) is 18.5. The number of β-lactam (4-membered cyclic amide) rings is 1. The lowest BCUT2D eigenvalue weighted by Gasteiger charge is -2.45. The van der Waals surface area contributed by atoms with Crippen molar-refractivity contribution >= 4 is 46.7 Å². The SMILES string of the molecule is Cc1onc(C2=C(Cl)CCCC2)c1C(=O)N[C@@H]1C(=O)N2[C@@H]1SC(C)(C)[C@@H]2C(=O)[O-]. The molecule has 1 N–H and O–H groups in total. The molecule has 2 fully saturated rings. The highest BCUT2D eigenvalue weighted by Gasteiger charge is 2.62. The largest absolute Gasteiger partial charge is 0.548 e. The summed E-state index contributed by atoms with van der Waals surface area (Å²) in [4.78, 5) is 38.4. The molecule has 1 aromatic heterocycles. The Kier molecular flexibility index (Phi) is 4.93. The number of aryl methyl sites for hydroxylation is 1. The Balaban J connectivity index is 1.57. The molecule has 4 rings (SSSR count). The van der Waals surface area contributed by atoms with Crippen molar-refractivity contribution in [1.82, 2.24) is 15.4 Å². The lowest BCUT2D eigenvalue weighted by molar-refractivity contribution is -0.312. The van der Waals surface area contributed by atoms with E-state index in [0.717, 1.165) is 24.8 Å². The van der Waals surface area contributed by atoms with E-state index in [2.05, 4.69) is 10.5 Å². The number of carboxylic acid groups (broad SMARTS) is 1. The number of nitrogens with one attached hydrogen (secondary N) is 1. The van der Waals surface area contributed by atoms with Crippen LogP contribution in [0.15, 0.2) is 9.56 Å². The summed E-state index contributed by atoms with van der Waals surface area (Å²) in [6.45, 7) is 5.14. The van der Waals surface area contributed by atoms with Crippen molar-refractivity contribution in [1.29, 1.82) is 0 Å². The number of aromatic nitrogens is 1. The molecule has 2 aliphatic heterocycles. The van der Waals surface area contributed by atoms with Crippen molar-refractivity contribution in [3.63, 3.8) is 0 Å². The standard InChI is InChI=1S/C19H22ClN3O5S/c1-8-11(12(22-28-8)9-6-4-5-7-10(9)20)15(24)21-13-16(25)23-14(18(26)27)19(2,3)29-17(13)23/h13-14,17H,4-7H2,1-3H3,(H,21,24)(H,26,27)/p-1/t13-,14+,17-/m1/s1. The van der Waals surface area contributed by atoms with Crippen molar-refractivity contribution in [3.05, 3.63) is 22.0 Å². The van der Waals surface area contributed by atoms with Gasteiger partial charge in [0.15, 0.2) is 0 Å².